The Morgan fingerprint density at radius 1 is 1.42 bits per heavy atom. The average Bonchev–Trinajstić information content (AvgIpc) is 2.29. The molecule has 0 aromatic carbocycles. The van der Waals surface area contributed by atoms with Crippen molar-refractivity contribution in [2.45, 2.75) is 31.5 Å². The van der Waals surface area contributed by atoms with Crippen LogP contribution in [-0.4, -0.2) is 34.2 Å². The fraction of sp³-hybridized carbons (Fsp3) is 0.714. The molecule has 2 aliphatic heterocycles. The van der Waals surface area contributed by atoms with Crippen LogP contribution in [0.3, 0.4) is 0 Å². The standard InChI is InChI=1S/C7H10N2O3/c10-5-3-1-2-4-6(11)8-7(12)9(4)5/h4-5,10H,1-3H2,(H,8,11,12). The van der Waals surface area contributed by atoms with Gasteiger partial charge in [0.15, 0.2) is 0 Å². The first kappa shape index (κ1) is 7.54. The van der Waals surface area contributed by atoms with Crippen LogP contribution in [0.5, 0.6) is 0 Å². The Kier molecular flexibility index (Phi) is 1.54. The number of piperidine rings is 1. The Balaban J connectivity index is 2.24. The zero-order valence-corrected chi connectivity index (χ0v) is 6.49. The van der Waals surface area contributed by atoms with Crippen LogP contribution < -0.4 is 5.32 Å². The third-order valence-electron chi connectivity index (χ3n) is 2.36. The lowest BCUT2D eigenvalue weighted by Gasteiger charge is -2.31. The van der Waals surface area contributed by atoms with Crippen molar-refractivity contribution in [3.63, 3.8) is 0 Å². The summed E-state index contributed by atoms with van der Waals surface area (Å²) in [5, 5.41) is 11.6. The highest BCUT2D eigenvalue weighted by atomic mass is 16.3. The second kappa shape index (κ2) is 2.45. The molecule has 0 aromatic heterocycles. The van der Waals surface area contributed by atoms with Gasteiger partial charge in [-0.1, -0.05) is 0 Å². The molecule has 5 nitrogen and oxygen atoms in total. The Morgan fingerprint density at radius 2 is 2.17 bits per heavy atom. The molecule has 2 aliphatic rings. The summed E-state index contributed by atoms with van der Waals surface area (Å²) in [7, 11) is 0. The molecule has 5 heteroatoms. The summed E-state index contributed by atoms with van der Waals surface area (Å²) < 4.78 is 0. The summed E-state index contributed by atoms with van der Waals surface area (Å²) in [5.74, 6) is -0.279. The number of hydrogen-bond donors (Lipinski definition) is 2. The van der Waals surface area contributed by atoms with Crippen molar-refractivity contribution in [1.82, 2.24) is 10.2 Å². The van der Waals surface area contributed by atoms with E-state index < -0.39 is 18.3 Å². The van der Waals surface area contributed by atoms with Crippen LogP contribution in [0.15, 0.2) is 0 Å². The number of aliphatic hydroxyl groups excluding tert-OH is 1. The van der Waals surface area contributed by atoms with E-state index in [1.54, 1.807) is 0 Å². The minimum atomic E-state index is -0.782. The number of amides is 3. The van der Waals surface area contributed by atoms with Gasteiger partial charge in [0.2, 0.25) is 0 Å². The van der Waals surface area contributed by atoms with Gasteiger partial charge in [-0.3, -0.25) is 15.0 Å². The first-order valence-electron chi connectivity index (χ1n) is 4.01. The van der Waals surface area contributed by atoms with Gasteiger partial charge in [0.05, 0.1) is 0 Å². The quantitative estimate of drug-likeness (QED) is 0.477. The van der Waals surface area contributed by atoms with Gasteiger partial charge >= 0.3 is 6.03 Å². The van der Waals surface area contributed by atoms with Crippen molar-refractivity contribution in [3.8, 4) is 0 Å². The first-order chi connectivity index (χ1) is 5.70. The highest BCUT2D eigenvalue weighted by Gasteiger charge is 2.43. The number of rotatable bonds is 0. The van der Waals surface area contributed by atoms with E-state index in [1.807, 2.05) is 0 Å². The Labute approximate surface area is 69.3 Å². The van der Waals surface area contributed by atoms with Gasteiger partial charge in [0.1, 0.15) is 12.3 Å². The third kappa shape index (κ3) is 0.896. The third-order valence-corrected chi connectivity index (χ3v) is 2.36. The van der Waals surface area contributed by atoms with Gasteiger partial charge in [0, 0.05) is 0 Å². The molecule has 3 amide bonds. The lowest BCUT2D eigenvalue weighted by molar-refractivity contribution is -0.125. The van der Waals surface area contributed by atoms with Crippen molar-refractivity contribution < 1.29 is 14.7 Å². The summed E-state index contributed by atoms with van der Waals surface area (Å²) in [6.45, 7) is 0. The SMILES string of the molecule is O=C1NC(=O)N2C(O)CCCC12. The molecule has 2 atom stereocenters. The van der Waals surface area contributed by atoms with Gasteiger partial charge in [-0.2, -0.15) is 0 Å². The van der Waals surface area contributed by atoms with Crippen LogP contribution in [0.25, 0.3) is 0 Å². The second-order valence-corrected chi connectivity index (χ2v) is 3.13. The fourth-order valence-electron chi connectivity index (χ4n) is 1.77. The monoisotopic (exact) mass is 170 g/mol. The second-order valence-electron chi connectivity index (χ2n) is 3.13. The van der Waals surface area contributed by atoms with Gasteiger partial charge in [-0.05, 0) is 19.3 Å². The predicted molar refractivity (Wildman–Crippen MR) is 39.0 cm³/mol. The zero-order chi connectivity index (χ0) is 8.72. The molecule has 0 bridgehead atoms. The van der Waals surface area contributed by atoms with Crippen LogP contribution >= 0.6 is 0 Å². The van der Waals surface area contributed by atoms with E-state index in [0.717, 1.165) is 6.42 Å². The lowest BCUT2D eigenvalue weighted by Crippen LogP contribution is -2.46. The molecule has 2 rings (SSSR count). The van der Waals surface area contributed by atoms with Crippen LogP contribution in [0.4, 0.5) is 4.79 Å². The number of fused-ring (bicyclic) bond motifs is 1. The number of imide groups is 1. The molecule has 2 unspecified atom stereocenters. The van der Waals surface area contributed by atoms with Gasteiger partial charge in [0.25, 0.3) is 5.91 Å². The Hall–Kier alpha value is -1.10. The molecule has 2 saturated heterocycles. The van der Waals surface area contributed by atoms with Crippen molar-refractivity contribution in [1.29, 1.82) is 0 Å². The molecule has 0 spiro atoms. The molecule has 0 radical (unpaired) electrons. The molecule has 66 valence electrons. The Morgan fingerprint density at radius 3 is 2.83 bits per heavy atom. The van der Waals surface area contributed by atoms with Crippen molar-refractivity contribution in [3.05, 3.63) is 0 Å². The number of aliphatic hydroxyl groups is 1. The van der Waals surface area contributed by atoms with E-state index in [9.17, 15) is 14.7 Å². The molecule has 2 fully saturated rings. The minimum Gasteiger partial charge on any atom is -0.373 e. The molecule has 2 heterocycles. The summed E-state index contributed by atoms with van der Waals surface area (Å²) in [6, 6.07) is -0.890. The van der Waals surface area contributed by atoms with Gasteiger partial charge in [-0.15, -0.1) is 0 Å². The zero-order valence-electron chi connectivity index (χ0n) is 6.49. The van der Waals surface area contributed by atoms with Crippen LogP contribution in [0.1, 0.15) is 19.3 Å². The van der Waals surface area contributed by atoms with E-state index in [1.165, 1.54) is 4.90 Å². The molecular weight excluding hydrogens is 160 g/mol. The van der Waals surface area contributed by atoms with E-state index in [-0.39, 0.29) is 5.91 Å². The molecule has 2 N–H and O–H groups in total. The molecular formula is C7H10N2O3. The summed E-state index contributed by atoms with van der Waals surface area (Å²) in [6.07, 6.45) is 1.24. The number of urea groups is 1. The predicted octanol–water partition coefficient (Wildman–Crippen LogP) is -0.591. The van der Waals surface area contributed by atoms with Gasteiger partial charge in [-0.25, -0.2) is 4.79 Å². The highest BCUT2D eigenvalue weighted by molar-refractivity contribution is 6.04. The summed E-state index contributed by atoms with van der Waals surface area (Å²) >= 11 is 0. The van der Waals surface area contributed by atoms with Gasteiger partial charge < -0.3 is 5.11 Å². The smallest absolute Gasteiger partial charge is 0.326 e. The van der Waals surface area contributed by atoms with Crippen molar-refractivity contribution in [2.75, 3.05) is 0 Å². The molecule has 12 heavy (non-hydrogen) atoms. The number of nitrogens with one attached hydrogen (secondary N) is 1. The largest absolute Gasteiger partial charge is 0.373 e. The minimum absolute atomic E-state index is 0.279. The van der Waals surface area contributed by atoms with E-state index in [0.29, 0.717) is 12.8 Å². The van der Waals surface area contributed by atoms with Crippen LogP contribution in [-0.2, 0) is 4.79 Å². The molecule has 0 aromatic rings. The summed E-state index contributed by atoms with van der Waals surface area (Å²) in [5.41, 5.74) is 0. The summed E-state index contributed by atoms with van der Waals surface area (Å²) in [4.78, 5) is 23.4. The number of hydrogen-bond acceptors (Lipinski definition) is 3. The van der Waals surface area contributed by atoms with Crippen molar-refractivity contribution in [2.24, 2.45) is 0 Å². The molecule has 0 aliphatic carbocycles. The molecule has 0 saturated carbocycles. The maximum Gasteiger partial charge on any atom is 0.326 e. The topological polar surface area (TPSA) is 69.6 Å². The lowest BCUT2D eigenvalue weighted by atomic mass is 10.0. The van der Waals surface area contributed by atoms with Crippen LogP contribution in [0.2, 0.25) is 0 Å². The fourth-order valence-corrected chi connectivity index (χ4v) is 1.77. The maximum absolute atomic E-state index is 11.1. The van der Waals surface area contributed by atoms with E-state index >= 15 is 0 Å². The highest BCUT2D eigenvalue weighted by Crippen LogP contribution is 2.24. The van der Waals surface area contributed by atoms with Crippen LogP contribution in [0, 0.1) is 0 Å². The maximum atomic E-state index is 11.1. The number of carbonyl (C=O) groups excluding carboxylic acids is 2. The Bertz CT molecular complexity index is 241. The van der Waals surface area contributed by atoms with Crippen molar-refractivity contribution >= 4 is 11.9 Å². The number of nitrogens with zero attached hydrogens (tertiary/aromatic N) is 1. The first-order valence-corrected chi connectivity index (χ1v) is 4.01. The number of carbonyl (C=O) groups is 2. The average molecular weight is 170 g/mol. The normalized spacial score (nSPS) is 34.9. The van der Waals surface area contributed by atoms with E-state index in [4.69, 9.17) is 0 Å². The van der Waals surface area contributed by atoms with E-state index in [2.05, 4.69) is 5.32 Å².